The van der Waals surface area contributed by atoms with Crippen molar-refractivity contribution >= 4 is 5.78 Å². The Hall–Kier alpha value is -5.15. The fourth-order valence-corrected chi connectivity index (χ4v) is 5.57. The molecular weight excluding hydrogens is 608 g/mol. The van der Waals surface area contributed by atoms with Crippen molar-refractivity contribution in [1.29, 1.82) is 0 Å². The van der Waals surface area contributed by atoms with Gasteiger partial charge < -0.3 is 34.3 Å². The van der Waals surface area contributed by atoms with E-state index >= 15 is 0 Å². The Balaban J connectivity index is 0.000000220. The van der Waals surface area contributed by atoms with Gasteiger partial charge in [0.15, 0.2) is 17.3 Å². The predicted molar refractivity (Wildman–Crippen MR) is 185 cm³/mol. The van der Waals surface area contributed by atoms with Gasteiger partial charge in [0.05, 0.1) is 48.3 Å². The molecule has 48 heavy (non-hydrogen) atoms. The highest BCUT2D eigenvalue weighted by Gasteiger charge is 2.31. The van der Waals surface area contributed by atoms with E-state index in [2.05, 4.69) is 43.3 Å². The number of aliphatic hydroxyl groups excluding tert-OH is 3. The zero-order valence-electron chi connectivity index (χ0n) is 27.9. The number of carbonyl (C=O) groups excluding carboxylic acids is 1. The maximum absolute atomic E-state index is 12.6. The van der Waals surface area contributed by atoms with Gasteiger partial charge >= 0.3 is 0 Å². The Labute approximate surface area is 281 Å². The first-order valence-corrected chi connectivity index (χ1v) is 15.4. The maximum Gasteiger partial charge on any atom is 0.193 e. The van der Waals surface area contributed by atoms with Gasteiger partial charge in [0.2, 0.25) is 0 Å². The Morgan fingerprint density at radius 2 is 0.979 bits per heavy atom. The third-order valence-corrected chi connectivity index (χ3v) is 8.50. The first-order chi connectivity index (χ1) is 23.3. The summed E-state index contributed by atoms with van der Waals surface area (Å²) in [6.07, 6.45) is 0. The second-order valence-electron chi connectivity index (χ2n) is 11.1. The highest BCUT2D eigenvalue weighted by atomic mass is 16.5. The summed E-state index contributed by atoms with van der Waals surface area (Å²) in [4.78, 5) is 12.6. The second kappa shape index (κ2) is 16.6. The minimum atomic E-state index is -0.341. The summed E-state index contributed by atoms with van der Waals surface area (Å²) in [5.41, 5.74) is 6.00. The Bertz CT molecular complexity index is 1650. The van der Waals surface area contributed by atoms with Crippen molar-refractivity contribution < 1.29 is 39.1 Å². The van der Waals surface area contributed by atoms with E-state index in [9.17, 15) is 15.0 Å². The van der Waals surface area contributed by atoms with Crippen LogP contribution in [0.2, 0.25) is 0 Å². The molecule has 0 unspecified atom stereocenters. The third-order valence-electron chi connectivity index (χ3n) is 8.50. The number of benzene rings is 5. The van der Waals surface area contributed by atoms with Crippen LogP contribution in [0.3, 0.4) is 0 Å². The van der Waals surface area contributed by atoms with Crippen LogP contribution in [0.25, 0.3) is 0 Å². The van der Waals surface area contributed by atoms with Crippen molar-refractivity contribution in [3.8, 4) is 23.0 Å². The summed E-state index contributed by atoms with van der Waals surface area (Å²) in [5, 5.41) is 28.0. The van der Waals surface area contributed by atoms with Crippen LogP contribution in [-0.4, -0.2) is 49.5 Å². The van der Waals surface area contributed by atoms with E-state index in [0.29, 0.717) is 28.2 Å². The van der Waals surface area contributed by atoms with Crippen molar-refractivity contribution in [2.24, 2.45) is 0 Å². The number of ether oxygens (including phenoxy) is 4. The van der Waals surface area contributed by atoms with Crippen LogP contribution < -0.4 is 18.9 Å². The SMILES string of the molecule is COc1ccc(C(=O)c2ccc(CO)cc2)c(CO)c1OC.COc1ccc(C(C)(c2ccc(CO)cc2)c2ccc(OC)cc2)cc1. The lowest BCUT2D eigenvalue weighted by atomic mass is 9.71. The molecule has 0 atom stereocenters. The molecule has 5 rings (SSSR count). The van der Waals surface area contributed by atoms with Gasteiger partial charge in [-0.2, -0.15) is 0 Å². The fourth-order valence-electron chi connectivity index (χ4n) is 5.57. The molecule has 0 spiro atoms. The number of rotatable bonds is 12. The quantitative estimate of drug-likeness (QED) is 0.104. The van der Waals surface area contributed by atoms with Crippen molar-refractivity contribution in [1.82, 2.24) is 0 Å². The van der Waals surface area contributed by atoms with E-state index < -0.39 is 0 Å². The number of carbonyl (C=O) groups is 1. The average Bonchev–Trinajstić information content (AvgIpc) is 3.16. The van der Waals surface area contributed by atoms with Crippen LogP contribution >= 0.6 is 0 Å². The van der Waals surface area contributed by atoms with Crippen LogP contribution in [0, 0.1) is 0 Å². The lowest BCUT2D eigenvalue weighted by Crippen LogP contribution is -2.25. The molecule has 0 bridgehead atoms. The zero-order chi connectivity index (χ0) is 34.7. The highest BCUT2D eigenvalue weighted by molar-refractivity contribution is 6.10. The Morgan fingerprint density at radius 1 is 0.542 bits per heavy atom. The highest BCUT2D eigenvalue weighted by Crippen LogP contribution is 2.40. The monoisotopic (exact) mass is 650 g/mol. The van der Waals surface area contributed by atoms with Crippen molar-refractivity contribution in [2.75, 3.05) is 28.4 Å². The van der Waals surface area contributed by atoms with Gasteiger partial charge in [-0.25, -0.2) is 0 Å². The average molecular weight is 651 g/mol. The summed E-state index contributed by atoms with van der Waals surface area (Å²) < 4.78 is 21.0. The number of ketones is 1. The molecule has 3 N–H and O–H groups in total. The molecule has 8 nitrogen and oxygen atoms in total. The molecule has 250 valence electrons. The lowest BCUT2D eigenvalue weighted by Gasteiger charge is -2.32. The van der Waals surface area contributed by atoms with Crippen molar-refractivity contribution in [3.05, 3.63) is 154 Å². The van der Waals surface area contributed by atoms with Gasteiger partial charge in [-0.05, 0) is 71.1 Å². The molecule has 0 fully saturated rings. The summed E-state index contributed by atoms with van der Waals surface area (Å²) in [5.74, 6) is 2.25. The number of hydrogen-bond donors (Lipinski definition) is 3. The first kappa shape index (κ1) is 35.7. The predicted octanol–water partition coefficient (Wildman–Crippen LogP) is 6.47. The topological polar surface area (TPSA) is 115 Å². The zero-order valence-corrected chi connectivity index (χ0v) is 27.9. The molecule has 0 aliphatic carbocycles. The first-order valence-electron chi connectivity index (χ1n) is 15.4. The largest absolute Gasteiger partial charge is 0.497 e. The Morgan fingerprint density at radius 3 is 1.35 bits per heavy atom. The summed E-state index contributed by atoms with van der Waals surface area (Å²) in [7, 11) is 6.30. The van der Waals surface area contributed by atoms with E-state index in [1.165, 1.54) is 25.3 Å². The fraction of sp³-hybridized carbons (Fsp3) is 0.225. The molecule has 5 aromatic carbocycles. The number of hydrogen-bond acceptors (Lipinski definition) is 8. The maximum atomic E-state index is 12.6. The normalized spacial score (nSPS) is 10.8. The van der Waals surface area contributed by atoms with Crippen molar-refractivity contribution in [2.45, 2.75) is 32.2 Å². The summed E-state index contributed by atoms with van der Waals surface area (Å²) in [6.45, 7) is 1.84. The molecule has 0 radical (unpaired) electrons. The van der Waals surface area contributed by atoms with Crippen LogP contribution in [-0.2, 0) is 25.2 Å². The third kappa shape index (κ3) is 7.69. The molecule has 0 saturated carbocycles. The van der Waals surface area contributed by atoms with Gasteiger partial charge in [-0.15, -0.1) is 0 Å². The molecular formula is C40H42O8. The second-order valence-corrected chi connectivity index (χ2v) is 11.1. The van der Waals surface area contributed by atoms with E-state index in [1.54, 1.807) is 50.6 Å². The van der Waals surface area contributed by atoms with Gasteiger partial charge in [-0.1, -0.05) is 72.8 Å². The van der Waals surface area contributed by atoms with Crippen LogP contribution in [0.4, 0.5) is 0 Å². The molecule has 8 heteroatoms. The molecule has 0 saturated heterocycles. The smallest absolute Gasteiger partial charge is 0.193 e. The minimum Gasteiger partial charge on any atom is -0.497 e. The molecule has 5 aromatic rings. The standard InChI is InChI=1S/C23H24O3.C17H18O5/c1-23(18-6-4-17(16-24)5-7-18,19-8-12-21(25-2)13-9-19)20-10-14-22(26-3)15-11-20;1-21-15-8-7-13(14(10-19)17(15)22-2)16(20)12-5-3-11(9-18)4-6-12/h4-15,24H,16H2,1-3H3;3-8,18-19H,9-10H2,1-2H3. The number of methoxy groups -OCH3 is 4. The van der Waals surface area contributed by atoms with Crippen LogP contribution in [0.1, 0.15) is 56.2 Å². The molecule has 0 aliphatic rings. The summed E-state index contributed by atoms with van der Waals surface area (Å²) in [6, 6.07) is 34.4. The van der Waals surface area contributed by atoms with Gasteiger partial charge in [-0.3, -0.25) is 4.79 Å². The summed E-state index contributed by atoms with van der Waals surface area (Å²) >= 11 is 0. The molecule has 0 amide bonds. The van der Waals surface area contributed by atoms with Crippen molar-refractivity contribution in [3.63, 3.8) is 0 Å². The molecule has 0 aromatic heterocycles. The van der Waals surface area contributed by atoms with E-state index in [1.807, 2.05) is 36.4 Å². The lowest BCUT2D eigenvalue weighted by molar-refractivity contribution is 0.103. The molecule has 0 heterocycles. The Kier molecular flexibility index (Phi) is 12.4. The van der Waals surface area contributed by atoms with Crippen LogP contribution in [0.15, 0.2) is 109 Å². The van der Waals surface area contributed by atoms with E-state index in [-0.39, 0.29) is 31.0 Å². The van der Waals surface area contributed by atoms with Crippen LogP contribution in [0.5, 0.6) is 23.0 Å². The van der Waals surface area contributed by atoms with Gasteiger partial charge in [0.25, 0.3) is 0 Å². The van der Waals surface area contributed by atoms with E-state index in [0.717, 1.165) is 28.2 Å². The van der Waals surface area contributed by atoms with E-state index in [4.69, 9.17) is 24.1 Å². The van der Waals surface area contributed by atoms with Gasteiger partial charge in [0.1, 0.15) is 11.5 Å². The molecule has 0 aliphatic heterocycles. The number of aliphatic hydroxyl groups is 3. The van der Waals surface area contributed by atoms with Gasteiger partial charge in [0, 0.05) is 22.1 Å². The minimum absolute atomic E-state index is 0.0437.